The number of halogens is 1. The van der Waals surface area contributed by atoms with Gasteiger partial charge in [-0.3, -0.25) is 4.79 Å². The van der Waals surface area contributed by atoms with Crippen LogP contribution in [0, 0.1) is 11.7 Å². The van der Waals surface area contributed by atoms with Gasteiger partial charge in [-0.25, -0.2) is 4.39 Å². The second-order valence-corrected chi connectivity index (χ2v) is 6.89. The molecule has 0 radical (unpaired) electrons. The first-order chi connectivity index (χ1) is 12.1. The number of benzene rings is 2. The van der Waals surface area contributed by atoms with Crippen molar-refractivity contribution in [1.29, 1.82) is 0 Å². The van der Waals surface area contributed by atoms with Crippen LogP contribution in [0.5, 0.6) is 0 Å². The van der Waals surface area contributed by atoms with Gasteiger partial charge in [-0.15, -0.1) is 0 Å². The molecule has 0 bridgehead atoms. The number of carbonyl (C=O) groups excluding carboxylic acids is 1. The smallest absolute Gasteiger partial charge is 0.220 e. The van der Waals surface area contributed by atoms with Gasteiger partial charge in [0.2, 0.25) is 5.91 Å². The molecule has 3 atom stereocenters. The van der Waals surface area contributed by atoms with Gasteiger partial charge in [-0.1, -0.05) is 55.0 Å². The maximum atomic E-state index is 14.3. The fraction of sp³-hybridized carbons (Fsp3) is 0.381. The summed E-state index contributed by atoms with van der Waals surface area (Å²) in [4.78, 5) is 12.5. The second kappa shape index (κ2) is 8.26. The minimum absolute atomic E-state index is 0.0495. The van der Waals surface area contributed by atoms with Gasteiger partial charge in [-0.2, -0.15) is 0 Å². The molecular formula is C21H25FN2O. The van der Waals surface area contributed by atoms with Crippen LogP contribution in [-0.2, 0) is 11.2 Å². The van der Waals surface area contributed by atoms with Crippen LogP contribution >= 0.6 is 0 Å². The molecule has 1 amide bonds. The number of carbonyl (C=O) groups is 1. The van der Waals surface area contributed by atoms with Gasteiger partial charge >= 0.3 is 0 Å². The van der Waals surface area contributed by atoms with Crippen LogP contribution in [0.3, 0.4) is 0 Å². The Bertz CT molecular complexity index is 704. The minimum Gasteiger partial charge on any atom is -0.349 e. The predicted molar refractivity (Wildman–Crippen MR) is 97.4 cm³/mol. The van der Waals surface area contributed by atoms with Crippen molar-refractivity contribution in [2.24, 2.45) is 11.7 Å². The Hall–Kier alpha value is -2.20. The Morgan fingerprint density at radius 2 is 1.84 bits per heavy atom. The third kappa shape index (κ3) is 4.67. The summed E-state index contributed by atoms with van der Waals surface area (Å²) in [5.41, 5.74) is 7.66. The standard InChI is InChI=1S/C21H25FN2O/c22-18-11-5-4-10-17(18)20(13-15-7-2-1-3-8-15)24-21(25)14-16-9-6-12-19(16)23/h1-5,7-8,10-11,16,19-20H,6,9,12-14,23H2,(H,24,25)/t16-,19+,20?/m0/s1. The van der Waals surface area contributed by atoms with E-state index in [0.717, 1.165) is 24.8 Å². The van der Waals surface area contributed by atoms with Crippen molar-refractivity contribution in [3.63, 3.8) is 0 Å². The van der Waals surface area contributed by atoms with Gasteiger partial charge < -0.3 is 11.1 Å². The lowest BCUT2D eigenvalue weighted by Gasteiger charge is -2.22. The lowest BCUT2D eigenvalue weighted by atomic mass is 9.96. The van der Waals surface area contributed by atoms with Crippen LogP contribution in [-0.4, -0.2) is 11.9 Å². The normalized spacial score (nSPS) is 21.0. The number of amides is 1. The number of hydrogen-bond donors (Lipinski definition) is 2. The highest BCUT2D eigenvalue weighted by Gasteiger charge is 2.27. The SMILES string of the molecule is N[C@@H]1CCC[C@H]1CC(=O)NC(Cc1ccccc1)c1ccccc1F. The van der Waals surface area contributed by atoms with E-state index in [0.29, 0.717) is 18.4 Å². The minimum atomic E-state index is -0.381. The maximum absolute atomic E-state index is 14.3. The number of nitrogens with one attached hydrogen (secondary N) is 1. The first-order valence-electron chi connectivity index (χ1n) is 8.97. The number of hydrogen-bond acceptors (Lipinski definition) is 2. The monoisotopic (exact) mass is 340 g/mol. The summed E-state index contributed by atoms with van der Waals surface area (Å²) in [6.45, 7) is 0. The van der Waals surface area contributed by atoms with E-state index >= 15 is 0 Å². The van der Waals surface area contributed by atoms with Crippen molar-refractivity contribution in [2.45, 2.75) is 44.2 Å². The Labute approximate surface area is 148 Å². The van der Waals surface area contributed by atoms with Gasteiger partial charge in [-0.05, 0) is 36.8 Å². The van der Waals surface area contributed by atoms with Gasteiger partial charge in [0.05, 0.1) is 6.04 Å². The van der Waals surface area contributed by atoms with Crippen LogP contribution in [0.1, 0.15) is 42.9 Å². The molecule has 25 heavy (non-hydrogen) atoms. The topological polar surface area (TPSA) is 55.1 Å². The highest BCUT2D eigenvalue weighted by Crippen LogP contribution is 2.28. The highest BCUT2D eigenvalue weighted by molar-refractivity contribution is 5.77. The Kier molecular flexibility index (Phi) is 5.82. The summed E-state index contributed by atoms with van der Waals surface area (Å²) in [5.74, 6) is -0.106. The van der Waals surface area contributed by atoms with E-state index in [4.69, 9.17) is 5.73 Å². The van der Waals surface area contributed by atoms with E-state index in [1.165, 1.54) is 6.07 Å². The molecule has 2 aromatic carbocycles. The zero-order valence-corrected chi connectivity index (χ0v) is 14.3. The van der Waals surface area contributed by atoms with Crippen LogP contribution < -0.4 is 11.1 Å². The zero-order valence-electron chi connectivity index (χ0n) is 14.3. The average Bonchev–Trinajstić information content (AvgIpc) is 3.00. The molecule has 3 N–H and O–H groups in total. The van der Waals surface area contributed by atoms with Crippen LogP contribution in [0.15, 0.2) is 54.6 Å². The summed E-state index contributed by atoms with van der Waals surface area (Å²) in [5, 5.41) is 3.04. The first-order valence-corrected chi connectivity index (χ1v) is 8.97. The quantitative estimate of drug-likeness (QED) is 0.841. The van der Waals surface area contributed by atoms with Crippen molar-refractivity contribution in [3.8, 4) is 0 Å². The lowest BCUT2D eigenvalue weighted by Crippen LogP contribution is -2.34. The molecule has 0 spiro atoms. The van der Waals surface area contributed by atoms with Crippen LogP contribution in [0.4, 0.5) is 4.39 Å². The van der Waals surface area contributed by atoms with Crippen LogP contribution in [0.2, 0.25) is 0 Å². The molecule has 0 aromatic heterocycles. The third-order valence-electron chi connectivity index (χ3n) is 5.06. The first kappa shape index (κ1) is 17.6. The Morgan fingerprint density at radius 1 is 1.12 bits per heavy atom. The number of rotatable bonds is 6. The van der Waals surface area contributed by atoms with Crippen molar-refractivity contribution < 1.29 is 9.18 Å². The second-order valence-electron chi connectivity index (χ2n) is 6.89. The van der Waals surface area contributed by atoms with E-state index in [1.54, 1.807) is 18.2 Å². The van der Waals surface area contributed by atoms with E-state index in [2.05, 4.69) is 5.32 Å². The molecular weight excluding hydrogens is 315 g/mol. The molecule has 3 rings (SSSR count). The summed E-state index contributed by atoms with van der Waals surface area (Å²) in [7, 11) is 0. The summed E-state index contributed by atoms with van der Waals surface area (Å²) < 4.78 is 14.3. The maximum Gasteiger partial charge on any atom is 0.220 e. The lowest BCUT2D eigenvalue weighted by molar-refractivity contribution is -0.122. The van der Waals surface area contributed by atoms with Crippen molar-refractivity contribution in [3.05, 3.63) is 71.5 Å². The summed E-state index contributed by atoms with van der Waals surface area (Å²) in [6, 6.07) is 16.2. The largest absolute Gasteiger partial charge is 0.349 e. The average molecular weight is 340 g/mol. The van der Waals surface area contributed by atoms with Gasteiger partial charge in [0.15, 0.2) is 0 Å². The van der Waals surface area contributed by atoms with Gasteiger partial charge in [0, 0.05) is 18.0 Å². The molecule has 1 saturated carbocycles. The molecule has 2 aromatic rings. The molecule has 132 valence electrons. The van der Waals surface area contributed by atoms with E-state index in [1.807, 2.05) is 30.3 Å². The van der Waals surface area contributed by atoms with Crippen LogP contribution in [0.25, 0.3) is 0 Å². The van der Waals surface area contributed by atoms with Crippen molar-refractivity contribution >= 4 is 5.91 Å². The molecule has 3 nitrogen and oxygen atoms in total. The van der Waals surface area contributed by atoms with Gasteiger partial charge in [0.25, 0.3) is 0 Å². The fourth-order valence-corrected chi connectivity index (χ4v) is 3.66. The fourth-order valence-electron chi connectivity index (χ4n) is 3.66. The van der Waals surface area contributed by atoms with E-state index in [9.17, 15) is 9.18 Å². The van der Waals surface area contributed by atoms with E-state index in [-0.39, 0.29) is 29.7 Å². The summed E-state index contributed by atoms with van der Waals surface area (Å²) >= 11 is 0. The third-order valence-corrected chi connectivity index (χ3v) is 5.06. The molecule has 1 aliphatic rings. The Balaban J connectivity index is 1.74. The van der Waals surface area contributed by atoms with Gasteiger partial charge in [0.1, 0.15) is 5.82 Å². The van der Waals surface area contributed by atoms with E-state index < -0.39 is 0 Å². The molecule has 1 unspecified atom stereocenters. The highest BCUT2D eigenvalue weighted by atomic mass is 19.1. The van der Waals surface area contributed by atoms with Crippen molar-refractivity contribution in [2.75, 3.05) is 0 Å². The summed E-state index contributed by atoms with van der Waals surface area (Å²) in [6.07, 6.45) is 4.04. The predicted octanol–water partition coefficient (Wildman–Crippen LogP) is 3.74. The number of nitrogens with two attached hydrogens (primary N) is 1. The zero-order chi connectivity index (χ0) is 17.6. The molecule has 0 saturated heterocycles. The Morgan fingerprint density at radius 3 is 2.52 bits per heavy atom. The molecule has 0 aliphatic heterocycles. The molecule has 0 heterocycles. The molecule has 1 fully saturated rings. The molecule has 4 heteroatoms. The molecule has 1 aliphatic carbocycles. The van der Waals surface area contributed by atoms with Crippen molar-refractivity contribution in [1.82, 2.24) is 5.32 Å².